The molecule has 5 heterocycles. The standard InChI is InChI=1S/C37H33N9O2/c47-37(48-32(36-44-28-16-7-8-17-29(28)45-36)21-34-40-24-12-3-4-13-25(24)41-34)30-18-9-19-46(30)31(35-42-26-14-5-6-15-27(26)43-35)20-33-38-22-10-1-2-11-23(22)39-33/h1-8,10-17,30-32H,9,18-21H2,(H,38,39)(H,40,41)(H,42,43)(H,44,45). The van der Waals surface area contributed by atoms with Crippen LogP contribution >= 0.6 is 0 Å². The van der Waals surface area contributed by atoms with Crippen molar-refractivity contribution in [3.05, 3.63) is 120 Å². The Morgan fingerprint density at radius 3 is 1.69 bits per heavy atom. The molecule has 0 bridgehead atoms. The molecule has 4 N–H and O–H groups in total. The number of carbonyl (C=O) groups excluding carboxylic acids is 1. The predicted molar refractivity (Wildman–Crippen MR) is 183 cm³/mol. The van der Waals surface area contributed by atoms with E-state index in [-0.39, 0.29) is 12.0 Å². The lowest BCUT2D eigenvalue weighted by Crippen LogP contribution is -2.41. The Bertz CT molecular complexity index is 2270. The normalized spacial score (nSPS) is 16.7. The number of para-hydroxylation sites is 8. The van der Waals surface area contributed by atoms with Crippen molar-refractivity contribution in [2.75, 3.05) is 6.54 Å². The van der Waals surface area contributed by atoms with Crippen LogP contribution in [0.4, 0.5) is 0 Å². The molecule has 48 heavy (non-hydrogen) atoms. The van der Waals surface area contributed by atoms with Gasteiger partial charge in [0.05, 0.1) is 56.6 Å². The third kappa shape index (κ3) is 5.27. The smallest absolute Gasteiger partial charge is 0.324 e. The molecule has 8 aromatic rings. The van der Waals surface area contributed by atoms with Gasteiger partial charge in [0.1, 0.15) is 29.3 Å². The zero-order chi connectivity index (χ0) is 32.0. The number of H-pyrrole nitrogens is 4. The zero-order valence-corrected chi connectivity index (χ0v) is 26.1. The van der Waals surface area contributed by atoms with Crippen LogP contribution < -0.4 is 0 Å². The Labute approximate surface area is 274 Å². The van der Waals surface area contributed by atoms with Gasteiger partial charge in [0.25, 0.3) is 0 Å². The Hall–Kier alpha value is -5.81. The van der Waals surface area contributed by atoms with Crippen LogP contribution in [0.1, 0.15) is 48.3 Å². The number of ether oxygens (including phenoxy) is 1. The van der Waals surface area contributed by atoms with Crippen molar-refractivity contribution in [3.63, 3.8) is 0 Å². The molecule has 1 aliphatic heterocycles. The molecule has 1 saturated heterocycles. The molecule has 11 nitrogen and oxygen atoms in total. The summed E-state index contributed by atoms with van der Waals surface area (Å²) in [5.41, 5.74) is 7.23. The first kappa shape index (κ1) is 28.4. The molecule has 238 valence electrons. The van der Waals surface area contributed by atoms with Gasteiger partial charge < -0.3 is 24.7 Å². The zero-order valence-electron chi connectivity index (χ0n) is 26.1. The van der Waals surface area contributed by atoms with E-state index in [0.717, 1.165) is 74.6 Å². The average molecular weight is 636 g/mol. The van der Waals surface area contributed by atoms with E-state index in [1.54, 1.807) is 0 Å². The highest BCUT2D eigenvalue weighted by Crippen LogP contribution is 2.34. The molecule has 0 amide bonds. The van der Waals surface area contributed by atoms with E-state index in [1.165, 1.54) is 0 Å². The van der Waals surface area contributed by atoms with Gasteiger partial charge in [-0.1, -0.05) is 48.5 Å². The molecule has 0 aliphatic carbocycles. The van der Waals surface area contributed by atoms with E-state index >= 15 is 0 Å². The fourth-order valence-corrected chi connectivity index (χ4v) is 7.02. The van der Waals surface area contributed by atoms with Gasteiger partial charge in [0.2, 0.25) is 0 Å². The van der Waals surface area contributed by atoms with Gasteiger partial charge in [-0.05, 0) is 67.9 Å². The Balaban J connectivity index is 1.05. The largest absolute Gasteiger partial charge is 0.453 e. The number of hydrogen-bond donors (Lipinski definition) is 4. The van der Waals surface area contributed by atoms with Crippen LogP contribution in [-0.2, 0) is 22.4 Å². The molecule has 3 atom stereocenters. The summed E-state index contributed by atoms with van der Waals surface area (Å²) in [7, 11) is 0. The number of fused-ring (bicyclic) bond motifs is 4. The van der Waals surface area contributed by atoms with Crippen molar-refractivity contribution in [2.24, 2.45) is 0 Å². The van der Waals surface area contributed by atoms with Crippen LogP contribution in [-0.4, -0.2) is 63.3 Å². The van der Waals surface area contributed by atoms with E-state index in [2.05, 4.69) is 24.8 Å². The number of nitrogens with zero attached hydrogens (tertiary/aromatic N) is 5. The Morgan fingerprint density at radius 2 is 1.12 bits per heavy atom. The first-order chi connectivity index (χ1) is 23.6. The van der Waals surface area contributed by atoms with E-state index < -0.39 is 12.1 Å². The molecule has 11 heteroatoms. The number of benzene rings is 4. The number of aromatic nitrogens is 8. The minimum atomic E-state index is -0.673. The SMILES string of the molecule is O=C(OC(Cc1nc2ccccc2[nH]1)c1nc2ccccc2[nH]1)C1CCCN1C(Cc1nc2ccccc2[nH]1)c1nc2ccccc2[nH]1. The quantitative estimate of drug-likeness (QED) is 0.133. The number of rotatable bonds is 9. The predicted octanol–water partition coefficient (Wildman–Crippen LogP) is 6.47. The number of carbonyl (C=O) groups is 1. The number of esters is 1. The molecule has 1 aliphatic rings. The maximum Gasteiger partial charge on any atom is 0.324 e. The Morgan fingerprint density at radius 1 is 0.646 bits per heavy atom. The molecule has 4 aromatic carbocycles. The fraction of sp³-hybridized carbons (Fsp3) is 0.216. The van der Waals surface area contributed by atoms with Crippen molar-refractivity contribution >= 4 is 50.1 Å². The lowest BCUT2D eigenvalue weighted by molar-refractivity contribution is -0.156. The molecule has 1 fully saturated rings. The van der Waals surface area contributed by atoms with Crippen LogP contribution in [0.2, 0.25) is 0 Å². The van der Waals surface area contributed by atoms with Gasteiger partial charge in [0.15, 0.2) is 6.10 Å². The van der Waals surface area contributed by atoms with E-state index in [4.69, 9.17) is 24.7 Å². The summed E-state index contributed by atoms with van der Waals surface area (Å²) in [6, 6.07) is 31.0. The topological polar surface area (TPSA) is 144 Å². The van der Waals surface area contributed by atoms with Gasteiger partial charge in [-0.3, -0.25) is 9.69 Å². The molecule has 0 radical (unpaired) electrons. The van der Waals surface area contributed by atoms with Crippen molar-refractivity contribution in [2.45, 2.75) is 43.9 Å². The van der Waals surface area contributed by atoms with E-state index in [1.807, 2.05) is 97.1 Å². The van der Waals surface area contributed by atoms with Crippen molar-refractivity contribution in [3.8, 4) is 0 Å². The first-order valence-electron chi connectivity index (χ1n) is 16.4. The maximum absolute atomic E-state index is 14.3. The van der Waals surface area contributed by atoms with Gasteiger partial charge in [-0.25, -0.2) is 19.9 Å². The summed E-state index contributed by atoms with van der Waals surface area (Å²) >= 11 is 0. The lowest BCUT2D eigenvalue weighted by Gasteiger charge is -2.31. The third-order valence-electron chi connectivity index (χ3n) is 9.30. The highest BCUT2D eigenvalue weighted by Gasteiger charge is 2.40. The Kier molecular flexibility index (Phi) is 6.97. The minimum absolute atomic E-state index is 0.238. The second-order valence-electron chi connectivity index (χ2n) is 12.4. The number of aromatic amines is 4. The molecule has 9 rings (SSSR count). The summed E-state index contributed by atoms with van der Waals surface area (Å²) in [4.78, 5) is 49.9. The van der Waals surface area contributed by atoms with Gasteiger partial charge in [-0.15, -0.1) is 0 Å². The summed E-state index contributed by atoms with van der Waals surface area (Å²) in [5.74, 6) is 2.66. The van der Waals surface area contributed by atoms with Crippen molar-refractivity contribution < 1.29 is 9.53 Å². The van der Waals surface area contributed by atoms with Crippen LogP contribution in [0.25, 0.3) is 44.1 Å². The summed E-state index contributed by atoms with van der Waals surface area (Å²) in [6.45, 7) is 0.723. The van der Waals surface area contributed by atoms with Crippen LogP contribution in [0, 0.1) is 0 Å². The van der Waals surface area contributed by atoms with E-state index in [0.29, 0.717) is 25.1 Å². The first-order valence-corrected chi connectivity index (χ1v) is 16.4. The minimum Gasteiger partial charge on any atom is -0.453 e. The monoisotopic (exact) mass is 635 g/mol. The van der Waals surface area contributed by atoms with Crippen LogP contribution in [0.5, 0.6) is 0 Å². The summed E-state index contributed by atoms with van der Waals surface area (Å²) in [5, 5.41) is 0. The molecule has 4 aromatic heterocycles. The maximum atomic E-state index is 14.3. The molecule has 0 saturated carbocycles. The average Bonchev–Trinajstić information content (AvgIpc) is 3.94. The fourth-order valence-electron chi connectivity index (χ4n) is 7.02. The molecular formula is C37H33N9O2. The second kappa shape index (κ2) is 11.8. The number of nitrogens with one attached hydrogen (secondary N) is 4. The van der Waals surface area contributed by atoms with Gasteiger partial charge >= 0.3 is 5.97 Å². The van der Waals surface area contributed by atoms with Crippen molar-refractivity contribution in [1.82, 2.24) is 44.8 Å². The van der Waals surface area contributed by atoms with E-state index in [9.17, 15) is 4.79 Å². The van der Waals surface area contributed by atoms with Crippen molar-refractivity contribution in [1.29, 1.82) is 0 Å². The number of likely N-dealkylation sites (tertiary alicyclic amines) is 1. The highest BCUT2D eigenvalue weighted by molar-refractivity contribution is 5.79. The van der Waals surface area contributed by atoms with Gasteiger partial charge in [0, 0.05) is 6.42 Å². The van der Waals surface area contributed by atoms with Crippen LogP contribution in [0.3, 0.4) is 0 Å². The number of imidazole rings is 4. The molecular weight excluding hydrogens is 602 g/mol. The third-order valence-corrected chi connectivity index (χ3v) is 9.30. The van der Waals surface area contributed by atoms with Crippen LogP contribution in [0.15, 0.2) is 97.1 Å². The summed E-state index contributed by atoms with van der Waals surface area (Å²) in [6.07, 6.45) is 1.75. The second-order valence-corrected chi connectivity index (χ2v) is 12.4. The molecule has 0 spiro atoms. The highest BCUT2D eigenvalue weighted by atomic mass is 16.5. The van der Waals surface area contributed by atoms with Gasteiger partial charge in [-0.2, -0.15) is 0 Å². The number of hydrogen-bond acceptors (Lipinski definition) is 7. The molecule has 3 unspecified atom stereocenters. The lowest BCUT2D eigenvalue weighted by atomic mass is 10.1. The summed E-state index contributed by atoms with van der Waals surface area (Å²) < 4.78 is 6.44.